The SMILES string of the molecule is C.CC(C)c1ccc2c(c1)CCO2.CC(C)c1ccc2c(c1)N(C)CO2.CC(C)c1ccc2c(c1)OCC(=O)N2C.CC(C)c1ccc2c(c1)OCCO2.CC(C)c1ccc2c(c1)OCN2C.CC(C)c1ccc2c(c1)OCO2.CC(C)c1ccc2c(c1)oc(=O)n2C.CC(C)c1ccc2oc(=O)n(C)c2c1. The maximum absolute atomic E-state index is 11.4. The van der Waals surface area contributed by atoms with Crippen molar-refractivity contribution >= 4 is 45.2 Å². The minimum atomic E-state index is -0.305. The molecule has 0 spiro atoms. The number of fused-ring (bicyclic) bond motifs is 8. The summed E-state index contributed by atoms with van der Waals surface area (Å²) < 4.78 is 56.4. The van der Waals surface area contributed by atoms with Crippen molar-refractivity contribution in [3.63, 3.8) is 0 Å². The van der Waals surface area contributed by atoms with Crippen molar-refractivity contribution in [3.8, 4) is 46.0 Å². The van der Waals surface area contributed by atoms with Crippen LogP contribution in [0.5, 0.6) is 46.0 Å². The average molecular weight is 1460 g/mol. The Kier molecular flexibility index (Phi) is 28.8. The first kappa shape index (κ1) is 82.4. The number of anilines is 3. The molecule has 0 atom stereocenters. The van der Waals surface area contributed by atoms with Gasteiger partial charge in [-0.25, -0.2) is 9.59 Å². The third-order valence-corrected chi connectivity index (χ3v) is 19.3. The standard InChI is InChI=1S/C12H15NO2.2C11H13NO2.2C11H15NO.C11H14O2.C11H14O.C10H12O2.CH4/c1-8(2)9-4-5-10-11(6-9)15-7-12(14)13(10)3;1-7(2)8-4-5-10-9(6-8)12(3)11(13)14-10;1-7(2)8-4-5-9-10(6-8)14-11(13)12(9)3;1-8(2)9-4-5-11-10(6-9)12(3)7-13-11;1-8(2)9-4-5-10-11(6-9)13-7-12(10)3;1-8(2)9-3-4-10-11(7-9)13-6-5-12-10;1-8(2)9-3-4-11-10(7-9)5-6-12-11;1-7(2)8-3-4-9-10(5-8)12-6-11-9;/h4-6,8H,7H2,1-3H3;2*4-7H,1-3H3;2*4-6,8H,7H2,1-3H3;3-4,7-8H,5-6H2,1-2H3;3-4,7-8H,5-6H2,1-2H3;3-5,7H,6H2,1-2H3;1H4. The molecule has 0 fully saturated rings. The number of rotatable bonds is 8. The van der Waals surface area contributed by atoms with E-state index in [-0.39, 0.29) is 31.5 Å². The second-order valence-corrected chi connectivity index (χ2v) is 29.9. The van der Waals surface area contributed by atoms with Crippen molar-refractivity contribution in [2.45, 2.75) is 172 Å². The van der Waals surface area contributed by atoms with Gasteiger partial charge in [0.05, 0.1) is 34.7 Å². The predicted octanol–water partition coefficient (Wildman–Crippen LogP) is 20.4. The largest absolute Gasteiger partial charge is 0.493 e. The number of ether oxygens (including phenoxy) is 8. The number of hydrogen-bond acceptors (Lipinski definition) is 15. The number of likely N-dealkylation sites (N-methyl/N-ethyl adjacent to an activating group) is 1. The molecule has 8 aromatic carbocycles. The average Bonchev–Trinajstić information content (AvgIpc) is 1.72. The number of carbonyl (C=O) groups is 1. The molecule has 2 aromatic heterocycles. The molecule has 0 saturated carbocycles. The molecule has 574 valence electrons. The lowest BCUT2D eigenvalue weighted by Gasteiger charge is -2.26. The van der Waals surface area contributed by atoms with Crippen LogP contribution in [0.15, 0.2) is 164 Å². The molecule has 1 amide bonds. The highest BCUT2D eigenvalue weighted by atomic mass is 16.7. The molecule has 107 heavy (non-hydrogen) atoms. The molecule has 18 nitrogen and oxygen atoms in total. The van der Waals surface area contributed by atoms with Gasteiger partial charge >= 0.3 is 11.5 Å². The van der Waals surface area contributed by atoms with Crippen LogP contribution in [0.25, 0.3) is 22.2 Å². The predicted molar refractivity (Wildman–Crippen MR) is 434 cm³/mol. The Labute approximate surface area is 634 Å². The monoisotopic (exact) mass is 1460 g/mol. The van der Waals surface area contributed by atoms with E-state index in [4.69, 9.17) is 46.7 Å². The van der Waals surface area contributed by atoms with Crippen LogP contribution >= 0.6 is 0 Å². The molecule has 16 rings (SSSR count). The molecule has 0 saturated heterocycles. The molecular formula is C89H115N5O13. The van der Waals surface area contributed by atoms with E-state index in [1.54, 1.807) is 26.0 Å². The van der Waals surface area contributed by atoms with Gasteiger partial charge in [0.2, 0.25) is 6.79 Å². The first-order valence-electron chi connectivity index (χ1n) is 37.2. The third-order valence-electron chi connectivity index (χ3n) is 19.3. The summed E-state index contributed by atoms with van der Waals surface area (Å²) in [5, 5.41) is 0. The summed E-state index contributed by atoms with van der Waals surface area (Å²) in [4.78, 5) is 39.7. The zero-order chi connectivity index (χ0) is 76.8. The Morgan fingerprint density at radius 1 is 0.308 bits per heavy atom. The molecule has 0 unspecified atom stereocenters. The Balaban J connectivity index is 0.000000154. The Hall–Kier alpha value is -10.2. The van der Waals surface area contributed by atoms with Crippen molar-refractivity contribution in [2.24, 2.45) is 14.1 Å². The smallest absolute Gasteiger partial charge is 0.419 e. The lowest BCUT2D eigenvalue weighted by molar-refractivity contribution is -0.121. The number of oxazole rings is 2. The van der Waals surface area contributed by atoms with Crippen LogP contribution < -0.4 is 64.1 Å². The van der Waals surface area contributed by atoms with E-state index in [1.165, 1.54) is 70.6 Å². The van der Waals surface area contributed by atoms with Crippen LogP contribution in [0.2, 0.25) is 0 Å². The van der Waals surface area contributed by atoms with Crippen molar-refractivity contribution in [3.05, 3.63) is 217 Å². The highest BCUT2D eigenvalue weighted by Gasteiger charge is 2.24. The van der Waals surface area contributed by atoms with Crippen LogP contribution in [-0.4, -0.2) is 82.9 Å². The topological polar surface area (TPSA) is 171 Å². The number of aryl methyl sites for hydroxylation is 2. The highest BCUT2D eigenvalue weighted by Crippen LogP contribution is 2.39. The van der Waals surface area contributed by atoms with Crippen LogP contribution in [0.3, 0.4) is 0 Å². The second kappa shape index (κ2) is 37.3. The summed E-state index contributed by atoms with van der Waals surface area (Å²) >= 11 is 0. The van der Waals surface area contributed by atoms with Crippen molar-refractivity contribution in [1.82, 2.24) is 9.13 Å². The molecule has 0 aliphatic carbocycles. The summed E-state index contributed by atoms with van der Waals surface area (Å²) in [6, 6.07) is 49.4. The quantitative estimate of drug-likeness (QED) is 0.141. The van der Waals surface area contributed by atoms with E-state index >= 15 is 0 Å². The molecule has 18 heteroatoms. The number of carbonyl (C=O) groups excluding carboxylic acids is 1. The van der Waals surface area contributed by atoms with Gasteiger partial charge in [0.15, 0.2) is 54.2 Å². The molecular weight excluding hydrogens is 1350 g/mol. The lowest BCUT2D eigenvalue weighted by Crippen LogP contribution is -2.35. The molecule has 6 aliphatic heterocycles. The molecule has 10 aromatic rings. The fourth-order valence-corrected chi connectivity index (χ4v) is 12.0. The summed E-state index contributed by atoms with van der Waals surface area (Å²) in [7, 11) is 9.30. The Bertz CT molecular complexity index is 4640. The fourth-order valence-electron chi connectivity index (χ4n) is 12.0. The molecule has 0 radical (unpaired) electrons. The van der Waals surface area contributed by atoms with Crippen molar-refractivity contribution in [1.29, 1.82) is 0 Å². The summed E-state index contributed by atoms with van der Waals surface area (Å²) in [5.74, 6) is 11.0. The minimum Gasteiger partial charge on any atom is -0.493 e. The first-order chi connectivity index (χ1) is 50.5. The molecule has 0 N–H and O–H groups in total. The maximum Gasteiger partial charge on any atom is 0.419 e. The normalized spacial score (nSPS) is 13.7. The van der Waals surface area contributed by atoms with Gasteiger partial charge in [-0.1, -0.05) is 173 Å². The molecule has 0 bridgehead atoms. The van der Waals surface area contributed by atoms with E-state index in [9.17, 15) is 14.4 Å². The summed E-state index contributed by atoms with van der Waals surface area (Å²) in [5.41, 5.74) is 18.0. The summed E-state index contributed by atoms with van der Waals surface area (Å²) in [6.07, 6.45) is 1.08. The number of nitrogens with zero attached hydrogens (tertiary/aromatic N) is 5. The van der Waals surface area contributed by atoms with E-state index in [1.807, 2.05) is 79.8 Å². The van der Waals surface area contributed by atoms with E-state index in [0.29, 0.717) is 92.0 Å². The zero-order valence-electron chi connectivity index (χ0n) is 66.2. The van der Waals surface area contributed by atoms with E-state index in [0.717, 1.165) is 75.7 Å². The van der Waals surface area contributed by atoms with E-state index < -0.39 is 0 Å². The fraction of sp³-hybridized carbons (Fsp3) is 0.427. The van der Waals surface area contributed by atoms with Gasteiger partial charge < -0.3 is 61.4 Å². The van der Waals surface area contributed by atoms with Crippen LogP contribution in [0.1, 0.15) is 216 Å². The minimum absolute atomic E-state index is 0. The van der Waals surface area contributed by atoms with Gasteiger partial charge in [0, 0.05) is 41.7 Å². The number of amides is 1. The highest BCUT2D eigenvalue weighted by molar-refractivity contribution is 5.97. The van der Waals surface area contributed by atoms with Gasteiger partial charge in [-0.05, 0) is 188 Å². The van der Waals surface area contributed by atoms with Gasteiger partial charge in [0.25, 0.3) is 5.91 Å². The third kappa shape index (κ3) is 21.1. The van der Waals surface area contributed by atoms with Crippen molar-refractivity contribution in [2.75, 3.05) is 82.5 Å². The van der Waals surface area contributed by atoms with Gasteiger partial charge in [-0.15, -0.1) is 0 Å². The molecule has 6 aliphatic rings. The van der Waals surface area contributed by atoms with Gasteiger partial charge in [0.1, 0.15) is 36.2 Å². The van der Waals surface area contributed by atoms with Gasteiger partial charge in [-0.2, -0.15) is 0 Å². The zero-order valence-corrected chi connectivity index (χ0v) is 66.2. The van der Waals surface area contributed by atoms with Crippen LogP contribution in [-0.2, 0) is 25.3 Å². The lowest BCUT2D eigenvalue weighted by atomic mass is 10.00. The number of aromatic nitrogens is 2. The first-order valence-corrected chi connectivity index (χ1v) is 37.2. The molecule has 8 heterocycles. The second-order valence-electron chi connectivity index (χ2n) is 29.9. The van der Waals surface area contributed by atoms with Gasteiger partial charge in [-0.3, -0.25) is 13.9 Å². The van der Waals surface area contributed by atoms with Crippen LogP contribution in [0, 0.1) is 0 Å². The number of hydrogen-bond donors (Lipinski definition) is 0. The summed E-state index contributed by atoms with van der Waals surface area (Å²) in [6.45, 7) is 38.7. The number of benzene rings is 8. The van der Waals surface area contributed by atoms with Crippen LogP contribution in [0.4, 0.5) is 17.1 Å². The Morgan fingerprint density at radius 3 is 1.26 bits per heavy atom. The Morgan fingerprint density at radius 2 is 0.692 bits per heavy atom. The maximum atomic E-state index is 11.4. The van der Waals surface area contributed by atoms with Crippen molar-refractivity contribution < 1.29 is 51.5 Å². The van der Waals surface area contributed by atoms with E-state index in [2.05, 4.69) is 200 Å².